The first-order chi connectivity index (χ1) is 8.98. The first kappa shape index (κ1) is 15.5. The molecule has 106 valence electrons. The lowest BCUT2D eigenvalue weighted by molar-refractivity contribution is 0.0596. The zero-order valence-electron chi connectivity index (χ0n) is 10.7. The molecular weight excluding hydrogens is 272 g/mol. The van der Waals surface area contributed by atoms with E-state index in [1.165, 1.54) is 19.4 Å². The van der Waals surface area contributed by atoms with Gasteiger partial charge in [-0.15, -0.1) is 0 Å². The quantitative estimate of drug-likeness (QED) is 0.732. The first-order valence-corrected chi connectivity index (χ1v) is 7.06. The van der Waals surface area contributed by atoms with Gasteiger partial charge in [-0.1, -0.05) is 6.92 Å². The van der Waals surface area contributed by atoms with Crippen molar-refractivity contribution < 1.29 is 23.1 Å². The van der Waals surface area contributed by atoms with Crippen molar-refractivity contribution in [3.05, 3.63) is 24.0 Å². The monoisotopic (exact) mass is 288 g/mol. The van der Waals surface area contributed by atoms with Gasteiger partial charge in [-0.25, -0.2) is 13.2 Å². The number of hydrogen-bond donors (Lipinski definition) is 1. The maximum Gasteiger partial charge on any atom is 0.339 e. The molecule has 0 atom stereocenters. The summed E-state index contributed by atoms with van der Waals surface area (Å²) in [4.78, 5) is 15.1. The van der Waals surface area contributed by atoms with Crippen LogP contribution in [-0.2, 0) is 14.8 Å². The molecule has 0 aliphatic carbocycles. The van der Waals surface area contributed by atoms with Crippen LogP contribution in [0.5, 0.6) is 0 Å². The van der Waals surface area contributed by atoms with E-state index < -0.39 is 16.0 Å². The number of ether oxygens (including phenoxy) is 1. The number of pyridine rings is 1. The molecule has 1 aromatic heterocycles. The Kier molecular flexibility index (Phi) is 5.40. The number of nitrogens with zero attached hydrogens (tertiary/aromatic N) is 2. The Morgan fingerprint density at radius 3 is 2.74 bits per heavy atom. The van der Waals surface area contributed by atoms with Crippen molar-refractivity contribution in [1.29, 1.82) is 0 Å². The summed E-state index contributed by atoms with van der Waals surface area (Å²) in [6.45, 7) is 1.47. The maximum absolute atomic E-state index is 12.4. The topological polar surface area (TPSA) is 96.8 Å². The van der Waals surface area contributed by atoms with Gasteiger partial charge in [-0.3, -0.25) is 4.98 Å². The Balaban J connectivity index is 3.32. The highest BCUT2D eigenvalue weighted by Crippen LogP contribution is 2.19. The third-order valence-electron chi connectivity index (χ3n) is 2.51. The fourth-order valence-electron chi connectivity index (χ4n) is 1.56. The van der Waals surface area contributed by atoms with Crippen LogP contribution in [0, 0.1) is 0 Å². The molecule has 0 bridgehead atoms. The Morgan fingerprint density at radius 2 is 2.21 bits per heavy atom. The van der Waals surface area contributed by atoms with Crippen LogP contribution in [0.2, 0.25) is 0 Å². The predicted octanol–water partition coefficient (Wildman–Crippen LogP) is -0.129. The van der Waals surface area contributed by atoms with E-state index in [-0.39, 0.29) is 30.2 Å². The molecule has 0 aliphatic heterocycles. The van der Waals surface area contributed by atoms with Gasteiger partial charge in [-0.2, -0.15) is 4.31 Å². The van der Waals surface area contributed by atoms with Crippen LogP contribution in [0.25, 0.3) is 0 Å². The van der Waals surface area contributed by atoms with Gasteiger partial charge in [0, 0.05) is 25.5 Å². The lowest BCUT2D eigenvalue weighted by atomic mass is 10.3. The van der Waals surface area contributed by atoms with Gasteiger partial charge in [0.05, 0.1) is 19.3 Å². The fraction of sp³-hybridized carbons (Fsp3) is 0.455. The molecule has 0 saturated heterocycles. The Bertz CT molecular complexity index is 544. The molecule has 1 aromatic rings. The SMILES string of the molecule is CCN(CCO)S(=O)(=O)c1cnccc1C(=O)OC. The lowest BCUT2D eigenvalue weighted by Gasteiger charge is -2.20. The van der Waals surface area contributed by atoms with Crippen molar-refractivity contribution in [2.75, 3.05) is 26.8 Å². The van der Waals surface area contributed by atoms with Crippen LogP contribution < -0.4 is 0 Å². The van der Waals surface area contributed by atoms with Gasteiger partial charge in [0.15, 0.2) is 0 Å². The lowest BCUT2D eigenvalue weighted by Crippen LogP contribution is -2.34. The Hall–Kier alpha value is -1.51. The molecule has 1 heterocycles. The summed E-state index contributed by atoms with van der Waals surface area (Å²) in [5, 5.41) is 8.89. The van der Waals surface area contributed by atoms with Gasteiger partial charge in [-0.05, 0) is 6.07 Å². The predicted molar refractivity (Wildman–Crippen MR) is 67.1 cm³/mol. The van der Waals surface area contributed by atoms with Crippen LogP contribution in [0.4, 0.5) is 0 Å². The maximum atomic E-state index is 12.4. The van der Waals surface area contributed by atoms with Gasteiger partial charge in [0.25, 0.3) is 0 Å². The Morgan fingerprint density at radius 1 is 1.53 bits per heavy atom. The molecule has 0 aliphatic rings. The highest BCUT2D eigenvalue weighted by Gasteiger charge is 2.28. The summed E-state index contributed by atoms with van der Waals surface area (Å²) >= 11 is 0. The minimum Gasteiger partial charge on any atom is -0.465 e. The zero-order chi connectivity index (χ0) is 14.5. The van der Waals surface area contributed by atoms with Crippen LogP contribution in [0.15, 0.2) is 23.4 Å². The molecule has 8 heteroatoms. The summed E-state index contributed by atoms with van der Waals surface area (Å²) in [6, 6.07) is 1.28. The normalized spacial score (nSPS) is 11.6. The molecule has 0 spiro atoms. The van der Waals surface area contributed by atoms with E-state index in [1.54, 1.807) is 6.92 Å². The van der Waals surface area contributed by atoms with Crippen molar-refractivity contribution in [2.45, 2.75) is 11.8 Å². The van der Waals surface area contributed by atoms with Crippen LogP contribution in [0.1, 0.15) is 17.3 Å². The minimum atomic E-state index is -3.89. The molecule has 0 amide bonds. The van der Waals surface area contributed by atoms with E-state index in [2.05, 4.69) is 9.72 Å². The van der Waals surface area contributed by atoms with Crippen molar-refractivity contribution >= 4 is 16.0 Å². The Labute approximate surface area is 111 Å². The zero-order valence-corrected chi connectivity index (χ0v) is 11.6. The summed E-state index contributed by atoms with van der Waals surface area (Å²) in [5.74, 6) is -0.749. The standard InChI is InChI=1S/C11H16N2O5S/c1-3-13(6-7-14)19(16,17)10-8-12-5-4-9(10)11(15)18-2/h4-5,8,14H,3,6-7H2,1-2H3. The largest absolute Gasteiger partial charge is 0.465 e. The summed E-state index contributed by atoms with van der Waals surface area (Å²) in [5.41, 5.74) is -0.0751. The molecule has 0 unspecified atom stereocenters. The number of aliphatic hydroxyl groups is 1. The molecule has 7 nitrogen and oxygen atoms in total. The van der Waals surface area contributed by atoms with E-state index in [0.29, 0.717) is 0 Å². The van der Waals surface area contributed by atoms with E-state index in [9.17, 15) is 13.2 Å². The minimum absolute atomic E-state index is 0.0473. The number of esters is 1. The summed E-state index contributed by atoms with van der Waals surface area (Å²) in [6.07, 6.45) is 2.41. The van der Waals surface area contributed by atoms with Crippen molar-refractivity contribution in [3.63, 3.8) is 0 Å². The molecule has 19 heavy (non-hydrogen) atoms. The number of hydrogen-bond acceptors (Lipinski definition) is 6. The molecule has 1 rings (SSSR count). The third-order valence-corrected chi connectivity index (χ3v) is 4.51. The number of methoxy groups -OCH3 is 1. The molecular formula is C11H16N2O5S. The average Bonchev–Trinajstić information content (AvgIpc) is 2.43. The number of aromatic nitrogens is 1. The van der Waals surface area contributed by atoms with Crippen LogP contribution in [0.3, 0.4) is 0 Å². The third kappa shape index (κ3) is 3.28. The highest BCUT2D eigenvalue weighted by molar-refractivity contribution is 7.89. The average molecular weight is 288 g/mol. The van der Waals surface area contributed by atoms with Crippen LogP contribution in [-0.4, -0.2) is 55.6 Å². The highest BCUT2D eigenvalue weighted by atomic mass is 32.2. The van der Waals surface area contributed by atoms with E-state index >= 15 is 0 Å². The number of carbonyl (C=O) groups excluding carboxylic acids is 1. The summed E-state index contributed by atoms with van der Waals surface area (Å²) in [7, 11) is -2.72. The van der Waals surface area contributed by atoms with Gasteiger partial charge in [0.1, 0.15) is 4.90 Å². The molecule has 0 aromatic carbocycles. The van der Waals surface area contributed by atoms with E-state index in [4.69, 9.17) is 5.11 Å². The van der Waals surface area contributed by atoms with Gasteiger partial charge >= 0.3 is 5.97 Å². The van der Waals surface area contributed by atoms with Crippen molar-refractivity contribution in [1.82, 2.24) is 9.29 Å². The second kappa shape index (κ2) is 6.60. The van der Waals surface area contributed by atoms with E-state index in [1.807, 2.05) is 0 Å². The molecule has 0 fully saturated rings. The number of carbonyl (C=O) groups is 1. The van der Waals surface area contributed by atoms with Crippen LogP contribution >= 0.6 is 0 Å². The molecule has 1 N–H and O–H groups in total. The van der Waals surface area contributed by atoms with Gasteiger partial charge < -0.3 is 9.84 Å². The molecule has 0 radical (unpaired) electrons. The first-order valence-electron chi connectivity index (χ1n) is 5.62. The smallest absolute Gasteiger partial charge is 0.339 e. The van der Waals surface area contributed by atoms with Gasteiger partial charge in [0.2, 0.25) is 10.0 Å². The van der Waals surface area contributed by atoms with Crippen molar-refractivity contribution in [2.24, 2.45) is 0 Å². The molecule has 0 saturated carbocycles. The second-order valence-electron chi connectivity index (χ2n) is 3.58. The number of sulfonamides is 1. The second-order valence-corrected chi connectivity index (χ2v) is 5.49. The number of aliphatic hydroxyl groups excluding tert-OH is 1. The summed E-state index contributed by atoms with van der Waals surface area (Å²) < 4.78 is 30.3. The van der Waals surface area contributed by atoms with Crippen molar-refractivity contribution in [3.8, 4) is 0 Å². The number of rotatable bonds is 6. The number of likely N-dealkylation sites (N-methyl/N-ethyl adjacent to an activating group) is 1. The van der Waals surface area contributed by atoms with E-state index in [0.717, 1.165) is 10.5 Å². The fourth-order valence-corrected chi connectivity index (χ4v) is 3.13.